The van der Waals surface area contributed by atoms with Crippen molar-refractivity contribution in [3.63, 3.8) is 0 Å². The molecule has 0 radical (unpaired) electrons. The number of hydrogen-bond acceptors (Lipinski definition) is 3. The van der Waals surface area contributed by atoms with Gasteiger partial charge in [-0.25, -0.2) is 0 Å². The minimum atomic E-state index is 0.234. The Labute approximate surface area is 101 Å². The molecule has 0 fully saturated rings. The van der Waals surface area contributed by atoms with Crippen LogP contribution in [0, 0.1) is 5.41 Å². The van der Waals surface area contributed by atoms with Crippen LogP contribution in [-0.4, -0.2) is 39.5 Å². The molecule has 0 aliphatic carbocycles. The van der Waals surface area contributed by atoms with E-state index < -0.39 is 0 Å². The molecule has 0 spiro atoms. The molecule has 0 bridgehead atoms. The van der Waals surface area contributed by atoms with Gasteiger partial charge >= 0.3 is 0 Å². The first-order chi connectivity index (χ1) is 7.52. The van der Waals surface area contributed by atoms with Crippen LogP contribution in [0.4, 0.5) is 0 Å². The van der Waals surface area contributed by atoms with E-state index in [1.54, 1.807) is 0 Å². The molecular weight excluding hydrogens is 202 g/mol. The standard InChI is InChI=1S/C13H29NO2/c1-6-7-8-15-9-10-16-11-12(14-5)13(2,3)4/h12,14H,6-11H2,1-5H3. The van der Waals surface area contributed by atoms with Crippen LogP contribution in [-0.2, 0) is 9.47 Å². The van der Waals surface area contributed by atoms with E-state index in [0.29, 0.717) is 19.3 Å². The lowest BCUT2D eigenvalue weighted by molar-refractivity contribution is 0.0254. The van der Waals surface area contributed by atoms with Gasteiger partial charge in [-0.05, 0) is 18.9 Å². The topological polar surface area (TPSA) is 30.5 Å². The Morgan fingerprint density at radius 1 is 1.06 bits per heavy atom. The van der Waals surface area contributed by atoms with Crippen molar-refractivity contribution >= 4 is 0 Å². The minimum absolute atomic E-state index is 0.234. The van der Waals surface area contributed by atoms with Crippen LogP contribution in [0.1, 0.15) is 40.5 Å². The fourth-order valence-electron chi connectivity index (χ4n) is 1.43. The van der Waals surface area contributed by atoms with Gasteiger partial charge in [0.2, 0.25) is 0 Å². The Morgan fingerprint density at radius 3 is 2.19 bits per heavy atom. The largest absolute Gasteiger partial charge is 0.379 e. The third kappa shape index (κ3) is 8.08. The average molecular weight is 231 g/mol. The van der Waals surface area contributed by atoms with E-state index in [1.807, 2.05) is 7.05 Å². The van der Waals surface area contributed by atoms with Gasteiger partial charge < -0.3 is 14.8 Å². The molecule has 3 heteroatoms. The van der Waals surface area contributed by atoms with Crippen LogP contribution in [0.2, 0.25) is 0 Å². The molecule has 0 saturated carbocycles. The highest BCUT2D eigenvalue weighted by molar-refractivity contribution is 4.78. The molecule has 0 aliphatic rings. The van der Waals surface area contributed by atoms with Gasteiger partial charge in [-0.1, -0.05) is 34.1 Å². The summed E-state index contributed by atoms with van der Waals surface area (Å²) in [7, 11) is 1.98. The lowest BCUT2D eigenvalue weighted by atomic mass is 9.87. The van der Waals surface area contributed by atoms with Gasteiger partial charge in [0.05, 0.1) is 19.8 Å². The van der Waals surface area contributed by atoms with Gasteiger partial charge in [-0.2, -0.15) is 0 Å². The summed E-state index contributed by atoms with van der Waals surface area (Å²) in [4.78, 5) is 0. The van der Waals surface area contributed by atoms with Crippen molar-refractivity contribution in [1.82, 2.24) is 5.32 Å². The first kappa shape index (κ1) is 15.9. The molecule has 1 unspecified atom stereocenters. The van der Waals surface area contributed by atoms with Crippen LogP contribution < -0.4 is 5.32 Å². The molecule has 0 aliphatic heterocycles. The molecule has 0 aromatic rings. The summed E-state index contributed by atoms with van der Waals surface area (Å²) in [6, 6.07) is 0.392. The summed E-state index contributed by atoms with van der Waals surface area (Å²) in [5, 5.41) is 3.29. The molecule has 98 valence electrons. The van der Waals surface area contributed by atoms with E-state index in [9.17, 15) is 0 Å². The zero-order valence-electron chi connectivity index (χ0n) is 11.6. The molecule has 0 heterocycles. The summed E-state index contributed by atoms with van der Waals surface area (Å²) in [5.41, 5.74) is 0.234. The number of nitrogens with one attached hydrogen (secondary N) is 1. The molecule has 0 aromatic carbocycles. The maximum atomic E-state index is 5.61. The first-order valence-corrected chi connectivity index (χ1v) is 6.35. The first-order valence-electron chi connectivity index (χ1n) is 6.35. The summed E-state index contributed by atoms with van der Waals surface area (Å²) >= 11 is 0. The van der Waals surface area contributed by atoms with Gasteiger partial charge in [0.15, 0.2) is 0 Å². The predicted molar refractivity (Wildman–Crippen MR) is 68.8 cm³/mol. The lowest BCUT2D eigenvalue weighted by Gasteiger charge is -2.30. The van der Waals surface area contributed by atoms with E-state index in [0.717, 1.165) is 19.6 Å². The van der Waals surface area contributed by atoms with Gasteiger partial charge in [-0.3, -0.25) is 0 Å². The maximum Gasteiger partial charge on any atom is 0.0701 e. The smallest absolute Gasteiger partial charge is 0.0701 e. The van der Waals surface area contributed by atoms with Crippen molar-refractivity contribution in [3.8, 4) is 0 Å². The van der Waals surface area contributed by atoms with Gasteiger partial charge in [0.1, 0.15) is 0 Å². The third-order valence-electron chi connectivity index (χ3n) is 2.69. The van der Waals surface area contributed by atoms with Crippen molar-refractivity contribution in [1.29, 1.82) is 0 Å². The van der Waals surface area contributed by atoms with Crippen molar-refractivity contribution in [3.05, 3.63) is 0 Å². The normalized spacial score (nSPS) is 14.1. The predicted octanol–water partition coefficient (Wildman–Crippen LogP) is 2.45. The zero-order valence-corrected chi connectivity index (χ0v) is 11.6. The number of ether oxygens (including phenoxy) is 2. The highest BCUT2D eigenvalue weighted by Gasteiger charge is 2.22. The fraction of sp³-hybridized carbons (Fsp3) is 1.00. The molecule has 0 saturated heterocycles. The summed E-state index contributed by atoms with van der Waals surface area (Å²) in [5.74, 6) is 0. The fourth-order valence-corrected chi connectivity index (χ4v) is 1.43. The SMILES string of the molecule is CCCCOCCOCC(NC)C(C)(C)C. The van der Waals surface area contributed by atoms with E-state index in [4.69, 9.17) is 9.47 Å². The molecule has 3 nitrogen and oxygen atoms in total. The second-order valence-electron chi connectivity index (χ2n) is 5.25. The van der Waals surface area contributed by atoms with Crippen LogP contribution in [0.3, 0.4) is 0 Å². The Hall–Kier alpha value is -0.120. The Bertz CT molecular complexity index is 155. The number of rotatable bonds is 9. The van der Waals surface area contributed by atoms with Crippen molar-refractivity contribution < 1.29 is 9.47 Å². The van der Waals surface area contributed by atoms with Gasteiger partial charge in [-0.15, -0.1) is 0 Å². The number of hydrogen-bond donors (Lipinski definition) is 1. The molecular formula is C13H29NO2. The number of unbranched alkanes of at least 4 members (excludes halogenated alkanes) is 1. The molecule has 0 rings (SSSR count). The Morgan fingerprint density at radius 2 is 1.69 bits per heavy atom. The van der Waals surface area contributed by atoms with Crippen LogP contribution in [0.5, 0.6) is 0 Å². The van der Waals surface area contributed by atoms with Crippen LogP contribution >= 0.6 is 0 Å². The summed E-state index contributed by atoms with van der Waals surface area (Å²) in [6.07, 6.45) is 2.33. The van der Waals surface area contributed by atoms with E-state index in [-0.39, 0.29) is 5.41 Å². The quantitative estimate of drug-likeness (QED) is 0.618. The second kappa shape index (κ2) is 8.97. The van der Waals surface area contributed by atoms with Crippen molar-refractivity contribution in [2.24, 2.45) is 5.41 Å². The zero-order chi connectivity index (χ0) is 12.4. The van der Waals surface area contributed by atoms with Gasteiger partial charge in [0.25, 0.3) is 0 Å². The molecule has 1 N–H and O–H groups in total. The average Bonchev–Trinajstić information content (AvgIpc) is 2.20. The molecule has 16 heavy (non-hydrogen) atoms. The van der Waals surface area contributed by atoms with Crippen LogP contribution in [0.25, 0.3) is 0 Å². The third-order valence-corrected chi connectivity index (χ3v) is 2.69. The van der Waals surface area contributed by atoms with Crippen molar-refractivity contribution in [2.45, 2.75) is 46.6 Å². The number of likely N-dealkylation sites (N-methyl/N-ethyl adjacent to an activating group) is 1. The lowest BCUT2D eigenvalue weighted by Crippen LogP contribution is -2.42. The van der Waals surface area contributed by atoms with E-state index in [1.165, 1.54) is 6.42 Å². The second-order valence-corrected chi connectivity index (χ2v) is 5.25. The van der Waals surface area contributed by atoms with Crippen molar-refractivity contribution in [2.75, 3.05) is 33.5 Å². The maximum absolute atomic E-state index is 5.61. The monoisotopic (exact) mass is 231 g/mol. The molecule has 1 atom stereocenters. The minimum Gasteiger partial charge on any atom is -0.379 e. The highest BCUT2D eigenvalue weighted by Crippen LogP contribution is 2.18. The Kier molecular flexibility index (Phi) is 8.90. The van der Waals surface area contributed by atoms with E-state index in [2.05, 4.69) is 33.0 Å². The van der Waals surface area contributed by atoms with Gasteiger partial charge in [0, 0.05) is 12.6 Å². The molecule has 0 aromatic heterocycles. The molecule has 0 amide bonds. The van der Waals surface area contributed by atoms with E-state index >= 15 is 0 Å². The Balaban J connectivity index is 3.42. The summed E-state index contributed by atoms with van der Waals surface area (Å²) < 4.78 is 11.0. The highest BCUT2D eigenvalue weighted by atomic mass is 16.5. The summed E-state index contributed by atoms with van der Waals surface area (Å²) in [6.45, 7) is 11.8. The van der Waals surface area contributed by atoms with Crippen LogP contribution in [0.15, 0.2) is 0 Å².